The van der Waals surface area contributed by atoms with Gasteiger partial charge in [0.1, 0.15) is 16.9 Å². The summed E-state index contributed by atoms with van der Waals surface area (Å²) in [5.41, 5.74) is 5.38. The maximum Gasteiger partial charge on any atom is 0.342 e. The highest BCUT2D eigenvalue weighted by atomic mass is 35.5. The molecule has 9 heteroatoms. The number of methoxy groups -OCH3 is 1. The lowest BCUT2D eigenvalue weighted by Crippen LogP contribution is -2.55. The van der Waals surface area contributed by atoms with Crippen LogP contribution < -0.4 is 10.5 Å². The molecule has 0 aromatic heterocycles. The summed E-state index contributed by atoms with van der Waals surface area (Å²) in [6.07, 6.45) is 2.28. The predicted molar refractivity (Wildman–Crippen MR) is 122 cm³/mol. The van der Waals surface area contributed by atoms with Gasteiger partial charge >= 0.3 is 5.97 Å². The van der Waals surface area contributed by atoms with Crippen molar-refractivity contribution in [3.8, 4) is 5.75 Å². The molecule has 3 rings (SSSR count). The summed E-state index contributed by atoms with van der Waals surface area (Å²) < 4.78 is 10.4. The van der Waals surface area contributed by atoms with E-state index in [1.807, 2.05) is 0 Å². The normalized spacial score (nSPS) is 18.2. The molecule has 2 aromatic rings. The highest BCUT2D eigenvalue weighted by Crippen LogP contribution is 2.42. The van der Waals surface area contributed by atoms with Crippen LogP contribution in [0.3, 0.4) is 0 Å². The van der Waals surface area contributed by atoms with Gasteiger partial charge in [0.05, 0.1) is 17.8 Å². The number of esters is 1. The van der Waals surface area contributed by atoms with Crippen molar-refractivity contribution < 1.29 is 23.9 Å². The number of ketones is 1. The van der Waals surface area contributed by atoms with E-state index >= 15 is 0 Å². The van der Waals surface area contributed by atoms with Gasteiger partial charge in [0.2, 0.25) is 0 Å². The maximum atomic E-state index is 13.1. The smallest absolute Gasteiger partial charge is 0.342 e. The molecule has 1 fully saturated rings. The molecule has 0 heterocycles. The van der Waals surface area contributed by atoms with Crippen LogP contribution in [0, 0.1) is 0 Å². The molecular weight excluding hydrogens is 455 g/mol. The number of halogens is 2. The van der Waals surface area contributed by atoms with Crippen molar-refractivity contribution in [2.24, 2.45) is 0 Å². The zero-order valence-corrected chi connectivity index (χ0v) is 19.3. The molecule has 1 amide bonds. The predicted octanol–water partition coefficient (Wildman–Crippen LogP) is 4.24. The van der Waals surface area contributed by atoms with Crippen LogP contribution in [-0.4, -0.2) is 43.3 Å². The van der Waals surface area contributed by atoms with Crippen molar-refractivity contribution in [2.45, 2.75) is 31.2 Å². The van der Waals surface area contributed by atoms with Crippen LogP contribution in [0.2, 0.25) is 10.0 Å². The van der Waals surface area contributed by atoms with Gasteiger partial charge in [-0.3, -0.25) is 9.59 Å². The first-order valence-corrected chi connectivity index (χ1v) is 10.8. The van der Waals surface area contributed by atoms with Gasteiger partial charge in [-0.2, -0.15) is 0 Å². The Kier molecular flexibility index (Phi) is 7.31. The van der Waals surface area contributed by atoms with E-state index in [9.17, 15) is 14.4 Å². The Bertz CT molecular complexity index is 1060. The van der Waals surface area contributed by atoms with E-state index in [1.54, 1.807) is 24.3 Å². The Labute approximate surface area is 196 Å². The first-order chi connectivity index (χ1) is 15.2. The molecule has 1 unspecified atom stereocenters. The minimum Gasteiger partial charge on any atom is -0.496 e. The second-order valence-corrected chi connectivity index (χ2v) is 8.39. The van der Waals surface area contributed by atoms with Gasteiger partial charge in [-0.1, -0.05) is 41.4 Å². The molecule has 2 N–H and O–H groups in total. The molecular formula is C23H24Cl2N2O5. The third kappa shape index (κ3) is 4.40. The molecule has 7 nitrogen and oxygen atoms in total. The number of anilines is 1. The van der Waals surface area contributed by atoms with Gasteiger partial charge in [0.15, 0.2) is 12.4 Å². The summed E-state index contributed by atoms with van der Waals surface area (Å²) in [4.78, 5) is 40.1. The van der Waals surface area contributed by atoms with E-state index in [2.05, 4.69) is 0 Å². The molecule has 2 aromatic carbocycles. The molecule has 1 atom stereocenters. The molecule has 0 saturated heterocycles. The number of carbonyl (C=O) groups is 3. The van der Waals surface area contributed by atoms with E-state index < -0.39 is 24.0 Å². The Morgan fingerprint density at radius 2 is 1.88 bits per heavy atom. The summed E-state index contributed by atoms with van der Waals surface area (Å²) >= 11 is 12.4. The number of hydrogen-bond acceptors (Lipinski definition) is 6. The molecule has 0 aliphatic heterocycles. The van der Waals surface area contributed by atoms with Crippen LogP contribution in [0.1, 0.15) is 41.6 Å². The zero-order chi connectivity index (χ0) is 23.5. The molecule has 0 spiro atoms. The molecule has 1 aliphatic carbocycles. The molecule has 170 valence electrons. The average molecular weight is 479 g/mol. The largest absolute Gasteiger partial charge is 0.496 e. The number of nitrogen functional groups attached to an aromatic ring is 1. The van der Waals surface area contributed by atoms with E-state index in [0.29, 0.717) is 23.4 Å². The molecule has 0 bridgehead atoms. The Morgan fingerprint density at radius 3 is 2.53 bits per heavy atom. The van der Waals surface area contributed by atoms with Crippen LogP contribution in [0.5, 0.6) is 5.75 Å². The average Bonchev–Trinajstić information content (AvgIpc) is 2.79. The topological polar surface area (TPSA) is 98.9 Å². The van der Waals surface area contributed by atoms with Crippen LogP contribution in [0.15, 0.2) is 36.4 Å². The number of nitrogens with two attached hydrogens (primary N) is 1. The van der Waals surface area contributed by atoms with Gasteiger partial charge in [0.25, 0.3) is 5.91 Å². The van der Waals surface area contributed by atoms with Crippen LogP contribution >= 0.6 is 23.2 Å². The number of Topliss-reactive ketones (excluding diaryl/α,β-unsaturated/α-hetero) is 1. The SMILES string of the molecule is COc1cc(N)c(Cl)cc1C(=O)OCC(=O)N(C)C1(c2ccccc2Cl)CCCCC1=O. The number of benzene rings is 2. The van der Waals surface area contributed by atoms with E-state index in [1.165, 1.54) is 31.2 Å². The van der Waals surface area contributed by atoms with Gasteiger partial charge in [-0.25, -0.2) is 4.79 Å². The van der Waals surface area contributed by atoms with Crippen LogP contribution in [-0.2, 0) is 19.9 Å². The van der Waals surface area contributed by atoms with E-state index in [0.717, 1.165) is 12.8 Å². The van der Waals surface area contributed by atoms with Gasteiger partial charge in [0, 0.05) is 30.1 Å². The monoisotopic (exact) mass is 478 g/mol. The lowest BCUT2D eigenvalue weighted by molar-refractivity contribution is -0.150. The molecule has 0 radical (unpaired) electrons. The third-order valence-electron chi connectivity index (χ3n) is 5.79. The first-order valence-electron chi connectivity index (χ1n) is 10.1. The maximum absolute atomic E-state index is 13.1. The van der Waals surface area contributed by atoms with Crippen molar-refractivity contribution >= 4 is 46.5 Å². The second kappa shape index (κ2) is 9.79. The minimum atomic E-state index is -1.21. The van der Waals surface area contributed by atoms with Crippen molar-refractivity contribution in [2.75, 3.05) is 26.5 Å². The van der Waals surface area contributed by atoms with Gasteiger partial charge in [-0.15, -0.1) is 0 Å². The molecule has 1 aliphatic rings. The van der Waals surface area contributed by atoms with Crippen molar-refractivity contribution in [3.63, 3.8) is 0 Å². The fourth-order valence-electron chi connectivity index (χ4n) is 4.04. The molecule has 32 heavy (non-hydrogen) atoms. The lowest BCUT2D eigenvalue weighted by Gasteiger charge is -2.43. The summed E-state index contributed by atoms with van der Waals surface area (Å²) in [6.45, 7) is -0.569. The highest BCUT2D eigenvalue weighted by molar-refractivity contribution is 6.33. The van der Waals surface area contributed by atoms with Crippen LogP contribution in [0.25, 0.3) is 0 Å². The fraction of sp³-hybridized carbons (Fsp3) is 0.348. The lowest BCUT2D eigenvalue weighted by atomic mass is 9.74. The summed E-state index contributed by atoms with van der Waals surface area (Å²) in [7, 11) is 2.91. The van der Waals surface area contributed by atoms with Crippen molar-refractivity contribution in [1.29, 1.82) is 0 Å². The van der Waals surface area contributed by atoms with Gasteiger partial charge < -0.3 is 20.1 Å². The van der Waals surface area contributed by atoms with Gasteiger partial charge in [-0.05, 0) is 31.4 Å². The zero-order valence-electron chi connectivity index (χ0n) is 17.8. The number of nitrogens with zero attached hydrogens (tertiary/aromatic N) is 1. The van der Waals surface area contributed by atoms with Crippen molar-refractivity contribution in [1.82, 2.24) is 4.90 Å². The van der Waals surface area contributed by atoms with E-state index in [-0.39, 0.29) is 27.8 Å². The van der Waals surface area contributed by atoms with Crippen LogP contribution in [0.4, 0.5) is 5.69 Å². The number of carbonyl (C=O) groups excluding carboxylic acids is 3. The number of amides is 1. The second-order valence-electron chi connectivity index (χ2n) is 7.57. The summed E-state index contributed by atoms with van der Waals surface area (Å²) in [6, 6.07) is 9.71. The summed E-state index contributed by atoms with van der Waals surface area (Å²) in [5, 5.41) is 0.562. The van der Waals surface area contributed by atoms with Crippen molar-refractivity contribution in [3.05, 3.63) is 57.6 Å². The molecule has 1 saturated carbocycles. The Hall–Kier alpha value is -2.77. The Balaban J connectivity index is 1.84. The minimum absolute atomic E-state index is 0.0386. The fourth-order valence-corrected chi connectivity index (χ4v) is 4.50. The number of hydrogen-bond donors (Lipinski definition) is 1. The first kappa shape index (κ1) is 23.9. The standard InChI is InChI=1S/C23H24Cl2N2O5/c1-27(23(10-6-5-9-20(23)28)15-7-3-4-8-16(15)24)21(29)13-32-22(30)14-11-17(25)18(26)12-19(14)31-2/h3-4,7-8,11-12H,5-6,9-10,13,26H2,1-2H3. The third-order valence-corrected chi connectivity index (χ3v) is 6.44. The highest BCUT2D eigenvalue weighted by Gasteiger charge is 2.48. The quantitative estimate of drug-likeness (QED) is 0.492. The number of rotatable bonds is 6. The number of ether oxygens (including phenoxy) is 2. The van der Waals surface area contributed by atoms with E-state index in [4.69, 9.17) is 38.4 Å². The summed E-state index contributed by atoms with van der Waals surface area (Å²) in [5.74, 6) is -1.25. The Morgan fingerprint density at radius 1 is 1.16 bits per heavy atom. The number of likely N-dealkylation sites (N-methyl/N-ethyl adjacent to an activating group) is 1.